The summed E-state index contributed by atoms with van der Waals surface area (Å²) >= 11 is 0. The molecule has 0 amide bonds. The number of benzene rings is 1. The van der Waals surface area contributed by atoms with Gasteiger partial charge in [0.1, 0.15) is 0 Å². The maximum absolute atomic E-state index is 9.57. The van der Waals surface area contributed by atoms with Gasteiger partial charge in [0.2, 0.25) is 0 Å². The van der Waals surface area contributed by atoms with E-state index in [0.29, 0.717) is 12.5 Å². The maximum atomic E-state index is 9.57. The van der Waals surface area contributed by atoms with Crippen LogP contribution in [-0.2, 0) is 6.42 Å². The molecule has 0 radical (unpaired) electrons. The van der Waals surface area contributed by atoms with E-state index in [1.807, 2.05) is 0 Å². The first-order valence-corrected chi connectivity index (χ1v) is 7.22. The van der Waals surface area contributed by atoms with Crippen LogP contribution in [0.5, 0.6) is 0 Å². The van der Waals surface area contributed by atoms with Gasteiger partial charge in [0.15, 0.2) is 0 Å². The van der Waals surface area contributed by atoms with Gasteiger partial charge in [0, 0.05) is 31.0 Å². The van der Waals surface area contributed by atoms with Crippen molar-refractivity contribution in [3.8, 4) is 0 Å². The molecule has 1 unspecified atom stereocenters. The van der Waals surface area contributed by atoms with Gasteiger partial charge in [-0.1, -0.05) is 37.1 Å². The van der Waals surface area contributed by atoms with Crippen molar-refractivity contribution in [3.63, 3.8) is 0 Å². The Labute approximate surface area is 109 Å². The van der Waals surface area contributed by atoms with Crippen molar-refractivity contribution in [2.45, 2.75) is 38.0 Å². The molecule has 2 N–H and O–H groups in total. The number of nitrogens with one attached hydrogen (secondary N) is 1. The summed E-state index contributed by atoms with van der Waals surface area (Å²) in [4.78, 5) is 0. The summed E-state index contributed by atoms with van der Waals surface area (Å²) in [6, 6.07) is 8.75. The van der Waals surface area contributed by atoms with Crippen LogP contribution in [0.4, 0.5) is 0 Å². The van der Waals surface area contributed by atoms with Crippen LogP contribution in [0.25, 0.3) is 0 Å². The predicted molar refractivity (Wildman–Crippen MR) is 73.7 cm³/mol. The van der Waals surface area contributed by atoms with Gasteiger partial charge in [0.25, 0.3) is 0 Å². The first-order chi connectivity index (χ1) is 8.83. The third-order valence-corrected chi connectivity index (χ3v) is 4.85. The third kappa shape index (κ3) is 2.19. The number of rotatable bonds is 5. The molecular formula is C16H23NO. The van der Waals surface area contributed by atoms with Gasteiger partial charge < -0.3 is 10.4 Å². The zero-order valence-electron chi connectivity index (χ0n) is 11.0. The topological polar surface area (TPSA) is 32.3 Å². The second-order valence-corrected chi connectivity index (χ2v) is 6.10. The third-order valence-electron chi connectivity index (χ3n) is 4.85. The van der Waals surface area contributed by atoms with Crippen molar-refractivity contribution in [2.75, 3.05) is 19.7 Å². The van der Waals surface area contributed by atoms with Crippen molar-refractivity contribution in [3.05, 3.63) is 35.4 Å². The molecule has 1 aromatic rings. The summed E-state index contributed by atoms with van der Waals surface area (Å²) in [5.41, 5.74) is 3.22. The fourth-order valence-electron chi connectivity index (χ4n) is 3.57. The smallest absolute Gasteiger partial charge is 0.0499 e. The van der Waals surface area contributed by atoms with Crippen LogP contribution in [0.3, 0.4) is 0 Å². The van der Waals surface area contributed by atoms with Crippen LogP contribution in [0, 0.1) is 5.41 Å². The molecule has 0 heterocycles. The van der Waals surface area contributed by atoms with Crippen molar-refractivity contribution in [1.82, 2.24) is 5.32 Å². The molecule has 18 heavy (non-hydrogen) atoms. The molecule has 98 valence electrons. The number of aliphatic hydroxyl groups excluding tert-OH is 1. The van der Waals surface area contributed by atoms with Gasteiger partial charge in [-0.15, -0.1) is 0 Å². The minimum Gasteiger partial charge on any atom is -0.396 e. The van der Waals surface area contributed by atoms with Crippen LogP contribution < -0.4 is 5.32 Å². The van der Waals surface area contributed by atoms with E-state index in [1.165, 1.54) is 43.2 Å². The monoisotopic (exact) mass is 245 g/mol. The lowest BCUT2D eigenvalue weighted by Gasteiger charge is -2.33. The predicted octanol–water partition coefficient (Wildman–Crippen LogP) is 2.47. The molecular weight excluding hydrogens is 222 g/mol. The van der Waals surface area contributed by atoms with E-state index < -0.39 is 0 Å². The Hall–Kier alpha value is -0.860. The van der Waals surface area contributed by atoms with Crippen molar-refractivity contribution in [1.29, 1.82) is 0 Å². The summed E-state index contributed by atoms with van der Waals surface area (Å²) in [5, 5.41) is 13.2. The average Bonchev–Trinajstić information content (AvgIpc) is 2.84. The summed E-state index contributed by atoms with van der Waals surface area (Å²) in [6.07, 6.45) is 6.17. The van der Waals surface area contributed by atoms with E-state index in [1.54, 1.807) is 0 Å². The van der Waals surface area contributed by atoms with E-state index in [4.69, 9.17) is 0 Å². The highest BCUT2D eigenvalue weighted by molar-refractivity contribution is 5.40. The number of hydrogen-bond donors (Lipinski definition) is 2. The van der Waals surface area contributed by atoms with Crippen LogP contribution in [0.15, 0.2) is 24.3 Å². The molecule has 2 heteroatoms. The van der Waals surface area contributed by atoms with E-state index in [9.17, 15) is 5.11 Å². The lowest BCUT2D eigenvalue weighted by Crippen LogP contribution is -2.38. The van der Waals surface area contributed by atoms with Gasteiger partial charge in [-0.05, 0) is 30.4 Å². The van der Waals surface area contributed by atoms with E-state index >= 15 is 0 Å². The van der Waals surface area contributed by atoms with E-state index in [-0.39, 0.29) is 5.41 Å². The molecule has 0 spiro atoms. The molecule has 2 aliphatic carbocycles. The summed E-state index contributed by atoms with van der Waals surface area (Å²) in [5.74, 6) is 0.693. The van der Waals surface area contributed by atoms with Crippen molar-refractivity contribution >= 4 is 0 Å². The van der Waals surface area contributed by atoms with Crippen LogP contribution in [0.2, 0.25) is 0 Å². The molecule has 0 aromatic heterocycles. The van der Waals surface area contributed by atoms with Crippen LogP contribution in [0.1, 0.15) is 42.7 Å². The van der Waals surface area contributed by atoms with Gasteiger partial charge >= 0.3 is 0 Å². The largest absolute Gasteiger partial charge is 0.396 e. The minimum absolute atomic E-state index is 0.184. The maximum Gasteiger partial charge on any atom is 0.0499 e. The Morgan fingerprint density at radius 2 is 2.00 bits per heavy atom. The Morgan fingerprint density at radius 1 is 1.22 bits per heavy atom. The molecule has 1 fully saturated rings. The SMILES string of the molecule is OCC1(CNCC2Cc3ccccc32)CCCC1. The fraction of sp³-hybridized carbons (Fsp3) is 0.625. The van der Waals surface area contributed by atoms with Crippen molar-refractivity contribution in [2.24, 2.45) is 5.41 Å². The minimum atomic E-state index is 0.184. The molecule has 0 saturated heterocycles. The summed E-state index contributed by atoms with van der Waals surface area (Å²) in [7, 11) is 0. The van der Waals surface area contributed by atoms with E-state index in [0.717, 1.165) is 13.1 Å². The van der Waals surface area contributed by atoms with Crippen LogP contribution >= 0.6 is 0 Å². The highest BCUT2D eigenvalue weighted by Gasteiger charge is 2.33. The lowest BCUT2D eigenvalue weighted by molar-refractivity contribution is 0.128. The molecule has 2 aliphatic rings. The summed E-state index contributed by atoms with van der Waals surface area (Å²) < 4.78 is 0. The molecule has 0 bridgehead atoms. The Kier molecular flexibility index (Phi) is 3.40. The first-order valence-electron chi connectivity index (χ1n) is 7.22. The van der Waals surface area contributed by atoms with Gasteiger partial charge in [-0.25, -0.2) is 0 Å². The number of aliphatic hydroxyl groups is 1. The lowest BCUT2D eigenvalue weighted by atomic mass is 9.77. The molecule has 1 aromatic carbocycles. The normalized spacial score (nSPS) is 24.6. The van der Waals surface area contributed by atoms with Gasteiger partial charge in [0.05, 0.1) is 0 Å². The second kappa shape index (κ2) is 5.02. The fourth-order valence-corrected chi connectivity index (χ4v) is 3.57. The Bertz CT molecular complexity index is 409. The highest BCUT2D eigenvalue weighted by atomic mass is 16.3. The molecule has 1 atom stereocenters. The van der Waals surface area contributed by atoms with Crippen LogP contribution in [-0.4, -0.2) is 24.8 Å². The number of fused-ring (bicyclic) bond motifs is 1. The quantitative estimate of drug-likeness (QED) is 0.835. The molecule has 0 aliphatic heterocycles. The Balaban J connectivity index is 1.49. The zero-order valence-corrected chi connectivity index (χ0v) is 11.0. The van der Waals surface area contributed by atoms with E-state index in [2.05, 4.69) is 29.6 Å². The van der Waals surface area contributed by atoms with Gasteiger partial charge in [-0.2, -0.15) is 0 Å². The van der Waals surface area contributed by atoms with Crippen molar-refractivity contribution < 1.29 is 5.11 Å². The second-order valence-electron chi connectivity index (χ2n) is 6.10. The number of hydrogen-bond acceptors (Lipinski definition) is 2. The average molecular weight is 245 g/mol. The van der Waals surface area contributed by atoms with Gasteiger partial charge in [-0.3, -0.25) is 0 Å². The molecule has 2 nitrogen and oxygen atoms in total. The highest BCUT2D eigenvalue weighted by Crippen LogP contribution is 2.38. The Morgan fingerprint density at radius 3 is 2.72 bits per heavy atom. The molecule has 3 rings (SSSR count). The zero-order chi connectivity index (χ0) is 12.4. The molecule has 1 saturated carbocycles. The summed E-state index contributed by atoms with van der Waals surface area (Å²) in [6.45, 7) is 2.40. The first kappa shape index (κ1) is 12.2. The standard InChI is InChI=1S/C16H23NO/c18-12-16(7-3-4-8-16)11-17-10-14-9-13-5-1-2-6-15(13)14/h1-2,5-6,14,17-18H,3-4,7-12H2.